The van der Waals surface area contributed by atoms with Crippen LogP contribution in [0.3, 0.4) is 0 Å². The largest absolute Gasteiger partial charge is 0.310 e. The lowest BCUT2D eigenvalue weighted by Crippen LogP contribution is -2.15. The van der Waals surface area contributed by atoms with Gasteiger partial charge in [0.1, 0.15) is 0 Å². The average Bonchev–Trinajstić information content (AvgIpc) is 3.25. The smallest absolute Gasteiger partial charge is 0.0546 e. The zero-order valence-electron chi connectivity index (χ0n) is 22.9. The SMILES string of the molecule is CC1(C)c2ccccc2-c2cc(N(c3ccccc3)c3cccc(-c4ccccc4)c3-c3ccccc3)ccc21. The molecule has 0 unspecified atom stereocenters. The highest BCUT2D eigenvalue weighted by atomic mass is 15.1. The molecule has 0 heterocycles. The second kappa shape index (κ2) is 9.70. The summed E-state index contributed by atoms with van der Waals surface area (Å²) in [4.78, 5) is 2.42. The molecule has 0 fully saturated rings. The van der Waals surface area contributed by atoms with Crippen molar-refractivity contribution >= 4 is 17.1 Å². The van der Waals surface area contributed by atoms with Gasteiger partial charge >= 0.3 is 0 Å². The molecule has 1 nitrogen and oxygen atoms in total. The Hall–Kier alpha value is -4.88. The number of hydrogen-bond donors (Lipinski definition) is 0. The summed E-state index contributed by atoms with van der Waals surface area (Å²) in [6, 6.07) is 54.8. The van der Waals surface area contributed by atoms with Crippen molar-refractivity contribution in [2.75, 3.05) is 4.90 Å². The third-order valence-corrected chi connectivity index (χ3v) is 8.27. The Bertz CT molecular complexity index is 1800. The summed E-state index contributed by atoms with van der Waals surface area (Å²) < 4.78 is 0. The predicted molar refractivity (Wildman–Crippen MR) is 170 cm³/mol. The van der Waals surface area contributed by atoms with Crippen LogP contribution in [0.15, 0.2) is 152 Å². The quantitative estimate of drug-likeness (QED) is 0.222. The van der Waals surface area contributed by atoms with Crippen molar-refractivity contribution in [2.45, 2.75) is 19.3 Å². The van der Waals surface area contributed by atoms with E-state index in [-0.39, 0.29) is 5.41 Å². The molecule has 0 N–H and O–H groups in total. The van der Waals surface area contributed by atoms with Crippen molar-refractivity contribution in [3.63, 3.8) is 0 Å². The van der Waals surface area contributed by atoms with Crippen LogP contribution in [0.2, 0.25) is 0 Å². The fourth-order valence-corrected chi connectivity index (χ4v) is 6.34. The molecule has 0 saturated heterocycles. The summed E-state index contributed by atoms with van der Waals surface area (Å²) in [6.45, 7) is 4.67. The predicted octanol–water partition coefficient (Wildman–Crippen LogP) is 10.8. The van der Waals surface area contributed by atoms with Crippen molar-refractivity contribution in [2.24, 2.45) is 0 Å². The molecule has 1 aliphatic carbocycles. The number of nitrogens with zero attached hydrogens (tertiary/aromatic N) is 1. The maximum absolute atomic E-state index is 2.42. The summed E-state index contributed by atoms with van der Waals surface area (Å²) in [7, 11) is 0. The van der Waals surface area contributed by atoms with Gasteiger partial charge in [-0.3, -0.25) is 0 Å². The lowest BCUT2D eigenvalue weighted by molar-refractivity contribution is 0.660. The van der Waals surface area contributed by atoms with Crippen LogP contribution in [0, 0.1) is 0 Å². The first-order chi connectivity index (χ1) is 19.6. The molecule has 40 heavy (non-hydrogen) atoms. The van der Waals surface area contributed by atoms with Crippen LogP contribution in [0.25, 0.3) is 33.4 Å². The van der Waals surface area contributed by atoms with Crippen LogP contribution in [-0.4, -0.2) is 0 Å². The van der Waals surface area contributed by atoms with E-state index < -0.39 is 0 Å². The Labute approximate surface area is 237 Å². The van der Waals surface area contributed by atoms with Gasteiger partial charge in [-0.15, -0.1) is 0 Å². The zero-order valence-corrected chi connectivity index (χ0v) is 22.9. The second-order valence-corrected chi connectivity index (χ2v) is 11.0. The minimum absolute atomic E-state index is 0.0234. The van der Waals surface area contributed by atoms with Crippen molar-refractivity contribution in [3.8, 4) is 33.4 Å². The highest BCUT2D eigenvalue weighted by Gasteiger charge is 2.35. The summed E-state index contributed by atoms with van der Waals surface area (Å²) in [6.07, 6.45) is 0. The summed E-state index contributed by atoms with van der Waals surface area (Å²) in [5.74, 6) is 0. The highest BCUT2D eigenvalue weighted by molar-refractivity contribution is 5.97. The topological polar surface area (TPSA) is 3.24 Å². The molecule has 0 aliphatic heterocycles. The van der Waals surface area contributed by atoms with E-state index in [0.717, 1.165) is 17.1 Å². The van der Waals surface area contributed by atoms with E-state index in [1.807, 2.05) is 0 Å². The van der Waals surface area contributed by atoms with Gasteiger partial charge in [0.05, 0.1) is 5.69 Å². The number of benzene rings is 6. The molecule has 6 aromatic rings. The average molecular weight is 514 g/mol. The molecule has 1 aliphatic rings. The second-order valence-electron chi connectivity index (χ2n) is 11.0. The van der Waals surface area contributed by atoms with E-state index in [1.165, 1.54) is 44.5 Å². The first kappa shape index (κ1) is 24.2. The van der Waals surface area contributed by atoms with Gasteiger partial charge in [0.15, 0.2) is 0 Å². The van der Waals surface area contributed by atoms with Gasteiger partial charge in [0.2, 0.25) is 0 Å². The Kier molecular flexibility index (Phi) is 5.86. The fraction of sp³-hybridized carbons (Fsp3) is 0.0769. The zero-order chi connectivity index (χ0) is 27.1. The van der Waals surface area contributed by atoms with Crippen molar-refractivity contribution in [3.05, 3.63) is 163 Å². The van der Waals surface area contributed by atoms with Crippen LogP contribution in [0.4, 0.5) is 17.1 Å². The van der Waals surface area contributed by atoms with Crippen molar-refractivity contribution in [1.29, 1.82) is 0 Å². The van der Waals surface area contributed by atoms with Gasteiger partial charge in [0.25, 0.3) is 0 Å². The molecule has 0 spiro atoms. The van der Waals surface area contributed by atoms with Crippen LogP contribution < -0.4 is 4.90 Å². The van der Waals surface area contributed by atoms with E-state index >= 15 is 0 Å². The number of hydrogen-bond acceptors (Lipinski definition) is 1. The number of anilines is 3. The summed E-state index contributed by atoms with van der Waals surface area (Å²) in [5, 5.41) is 0. The molecule has 0 aromatic heterocycles. The maximum atomic E-state index is 2.42. The van der Waals surface area contributed by atoms with E-state index in [9.17, 15) is 0 Å². The first-order valence-corrected chi connectivity index (χ1v) is 14.0. The molecular weight excluding hydrogens is 482 g/mol. The molecule has 0 atom stereocenters. The first-order valence-electron chi connectivity index (χ1n) is 14.0. The summed E-state index contributed by atoms with van der Waals surface area (Å²) >= 11 is 0. The van der Waals surface area contributed by atoms with Crippen LogP contribution >= 0.6 is 0 Å². The normalized spacial score (nSPS) is 12.9. The van der Waals surface area contributed by atoms with Gasteiger partial charge in [0, 0.05) is 22.4 Å². The minimum Gasteiger partial charge on any atom is -0.310 e. The summed E-state index contributed by atoms with van der Waals surface area (Å²) in [5.41, 5.74) is 13.7. The Balaban J connectivity index is 1.51. The van der Waals surface area contributed by atoms with Crippen LogP contribution in [0.1, 0.15) is 25.0 Å². The number of fused-ring (bicyclic) bond motifs is 3. The fourth-order valence-electron chi connectivity index (χ4n) is 6.34. The molecule has 1 heteroatoms. The minimum atomic E-state index is -0.0234. The maximum Gasteiger partial charge on any atom is 0.0546 e. The standard InChI is InChI=1S/C39H31N/c1-39(2)35-23-13-12-21-33(35)34-27-31(25-26-36(34)39)40(30-19-10-5-11-20-30)37-24-14-22-32(28-15-6-3-7-16-28)38(37)29-17-8-4-9-18-29/h3-27H,1-2H3. The van der Waals surface area contributed by atoms with E-state index in [4.69, 9.17) is 0 Å². The molecule has 0 saturated carbocycles. The molecule has 0 bridgehead atoms. The number of para-hydroxylation sites is 1. The van der Waals surface area contributed by atoms with Gasteiger partial charge in [-0.05, 0) is 69.3 Å². The van der Waals surface area contributed by atoms with E-state index in [2.05, 4.69) is 170 Å². The highest BCUT2D eigenvalue weighted by Crippen LogP contribution is 2.51. The van der Waals surface area contributed by atoms with Crippen LogP contribution in [0.5, 0.6) is 0 Å². The Morgan fingerprint density at radius 1 is 0.425 bits per heavy atom. The Morgan fingerprint density at radius 3 is 1.73 bits per heavy atom. The van der Waals surface area contributed by atoms with Gasteiger partial charge in [-0.25, -0.2) is 0 Å². The molecule has 0 radical (unpaired) electrons. The molecule has 0 amide bonds. The monoisotopic (exact) mass is 513 g/mol. The third-order valence-electron chi connectivity index (χ3n) is 8.27. The Morgan fingerprint density at radius 2 is 1.00 bits per heavy atom. The van der Waals surface area contributed by atoms with E-state index in [1.54, 1.807) is 0 Å². The third kappa shape index (κ3) is 3.94. The van der Waals surface area contributed by atoms with Gasteiger partial charge < -0.3 is 4.90 Å². The van der Waals surface area contributed by atoms with Crippen molar-refractivity contribution < 1.29 is 0 Å². The van der Waals surface area contributed by atoms with Gasteiger partial charge in [-0.1, -0.05) is 135 Å². The molecule has 7 rings (SSSR count). The lowest BCUT2D eigenvalue weighted by Gasteiger charge is -2.30. The van der Waals surface area contributed by atoms with E-state index in [0.29, 0.717) is 0 Å². The van der Waals surface area contributed by atoms with Crippen LogP contribution in [-0.2, 0) is 5.41 Å². The molecule has 192 valence electrons. The number of rotatable bonds is 5. The molecular formula is C39H31N. The van der Waals surface area contributed by atoms with Gasteiger partial charge in [-0.2, -0.15) is 0 Å². The van der Waals surface area contributed by atoms with Crippen molar-refractivity contribution in [1.82, 2.24) is 0 Å². The molecule has 6 aromatic carbocycles. The lowest BCUT2D eigenvalue weighted by atomic mass is 9.82.